The van der Waals surface area contributed by atoms with E-state index < -0.39 is 0 Å². The lowest BCUT2D eigenvalue weighted by Crippen LogP contribution is -2.32. The normalized spacial score (nSPS) is 12.4. The second-order valence-electron chi connectivity index (χ2n) is 4.58. The van der Waals surface area contributed by atoms with E-state index in [1.54, 1.807) is 6.07 Å². The van der Waals surface area contributed by atoms with Crippen molar-refractivity contribution in [3.63, 3.8) is 0 Å². The van der Waals surface area contributed by atoms with Crippen molar-refractivity contribution in [2.45, 2.75) is 45.6 Å². The number of rotatable bonds is 8. The number of halogens is 1. The minimum absolute atomic E-state index is 0.223. The van der Waals surface area contributed by atoms with E-state index in [0.717, 1.165) is 37.8 Å². The summed E-state index contributed by atoms with van der Waals surface area (Å²) in [5, 5.41) is 3.48. The van der Waals surface area contributed by atoms with Crippen molar-refractivity contribution in [2.24, 2.45) is 0 Å². The van der Waals surface area contributed by atoms with Crippen molar-refractivity contribution in [3.05, 3.63) is 29.6 Å². The quantitative estimate of drug-likeness (QED) is 0.765. The summed E-state index contributed by atoms with van der Waals surface area (Å²) in [6.45, 7) is 5.28. The molecule has 0 saturated carbocycles. The van der Waals surface area contributed by atoms with Crippen LogP contribution >= 0.6 is 0 Å². The van der Waals surface area contributed by atoms with Gasteiger partial charge in [-0.05, 0) is 37.4 Å². The first-order valence-corrected chi connectivity index (χ1v) is 6.77. The van der Waals surface area contributed by atoms with Crippen LogP contribution in [0, 0.1) is 5.82 Å². The number of ether oxygens (including phenoxy) is 1. The molecule has 0 heterocycles. The Balaban J connectivity index is 2.73. The van der Waals surface area contributed by atoms with Crippen molar-refractivity contribution in [3.8, 4) is 5.75 Å². The predicted molar refractivity (Wildman–Crippen MR) is 73.6 cm³/mol. The Hall–Kier alpha value is -1.09. The van der Waals surface area contributed by atoms with Crippen LogP contribution in [-0.4, -0.2) is 19.7 Å². The minimum atomic E-state index is -0.223. The molecule has 0 spiro atoms. The van der Waals surface area contributed by atoms with Crippen LogP contribution in [0.25, 0.3) is 0 Å². The van der Waals surface area contributed by atoms with Crippen LogP contribution in [0.2, 0.25) is 0 Å². The molecule has 0 aliphatic heterocycles. The molecule has 0 aromatic heterocycles. The number of hydrogen-bond donors (Lipinski definition) is 1. The molecule has 1 aromatic carbocycles. The Bertz CT molecular complexity index is 354. The van der Waals surface area contributed by atoms with E-state index in [2.05, 4.69) is 19.2 Å². The van der Waals surface area contributed by atoms with Crippen molar-refractivity contribution >= 4 is 0 Å². The third kappa shape index (κ3) is 4.30. The first kappa shape index (κ1) is 15.0. The van der Waals surface area contributed by atoms with E-state index in [4.69, 9.17) is 4.74 Å². The van der Waals surface area contributed by atoms with Crippen LogP contribution in [0.1, 0.15) is 38.7 Å². The van der Waals surface area contributed by atoms with Crippen LogP contribution < -0.4 is 10.1 Å². The standard InChI is InChI=1S/C15H24FNO/c1-4-7-13(17-10-5-2)11-12-8-6-9-14(18-3)15(12)16/h6,8-9,13,17H,4-5,7,10-11H2,1-3H3. The summed E-state index contributed by atoms with van der Waals surface area (Å²) in [4.78, 5) is 0. The molecular formula is C15H24FNO. The van der Waals surface area contributed by atoms with Gasteiger partial charge in [-0.15, -0.1) is 0 Å². The Kier molecular flexibility index (Phi) is 6.73. The topological polar surface area (TPSA) is 21.3 Å². The monoisotopic (exact) mass is 253 g/mol. The van der Waals surface area contributed by atoms with Gasteiger partial charge in [-0.3, -0.25) is 0 Å². The summed E-state index contributed by atoms with van der Waals surface area (Å²) in [6, 6.07) is 5.69. The number of methoxy groups -OCH3 is 1. The molecule has 0 saturated heterocycles. The van der Waals surface area contributed by atoms with Crippen LogP contribution in [0.3, 0.4) is 0 Å². The van der Waals surface area contributed by atoms with Gasteiger partial charge in [0.05, 0.1) is 7.11 Å². The summed E-state index contributed by atoms with van der Waals surface area (Å²) >= 11 is 0. The molecule has 18 heavy (non-hydrogen) atoms. The summed E-state index contributed by atoms with van der Waals surface area (Å²) < 4.78 is 19.1. The van der Waals surface area contributed by atoms with E-state index in [1.165, 1.54) is 7.11 Å². The molecule has 1 aromatic rings. The molecule has 0 aliphatic carbocycles. The third-order valence-electron chi connectivity index (χ3n) is 3.05. The predicted octanol–water partition coefficient (Wildman–Crippen LogP) is 3.55. The van der Waals surface area contributed by atoms with Crippen molar-refractivity contribution in [1.82, 2.24) is 5.32 Å². The molecular weight excluding hydrogens is 229 g/mol. The Morgan fingerprint density at radius 1 is 1.28 bits per heavy atom. The first-order valence-electron chi connectivity index (χ1n) is 6.77. The van der Waals surface area contributed by atoms with Gasteiger partial charge in [0, 0.05) is 6.04 Å². The highest BCUT2D eigenvalue weighted by molar-refractivity contribution is 5.31. The Morgan fingerprint density at radius 3 is 2.67 bits per heavy atom. The zero-order chi connectivity index (χ0) is 13.4. The maximum atomic E-state index is 14.0. The molecule has 0 fully saturated rings. The molecule has 1 N–H and O–H groups in total. The molecule has 3 heteroatoms. The zero-order valence-corrected chi connectivity index (χ0v) is 11.6. The highest BCUT2D eigenvalue weighted by atomic mass is 19.1. The molecule has 0 bridgehead atoms. The van der Waals surface area contributed by atoms with Gasteiger partial charge in [-0.1, -0.05) is 32.4 Å². The molecule has 1 rings (SSSR count). The van der Waals surface area contributed by atoms with Crippen molar-refractivity contribution < 1.29 is 9.13 Å². The van der Waals surface area contributed by atoms with E-state index >= 15 is 0 Å². The van der Waals surface area contributed by atoms with E-state index in [1.807, 2.05) is 12.1 Å². The first-order chi connectivity index (χ1) is 8.72. The smallest absolute Gasteiger partial charge is 0.168 e. The average Bonchev–Trinajstić information content (AvgIpc) is 2.38. The fourth-order valence-corrected chi connectivity index (χ4v) is 2.11. The van der Waals surface area contributed by atoms with Gasteiger partial charge in [-0.2, -0.15) is 0 Å². The fourth-order valence-electron chi connectivity index (χ4n) is 2.11. The van der Waals surface area contributed by atoms with Gasteiger partial charge in [-0.25, -0.2) is 4.39 Å². The second-order valence-corrected chi connectivity index (χ2v) is 4.58. The lowest BCUT2D eigenvalue weighted by molar-refractivity contribution is 0.381. The van der Waals surface area contributed by atoms with E-state index in [0.29, 0.717) is 11.8 Å². The summed E-state index contributed by atoms with van der Waals surface area (Å²) in [5.74, 6) is 0.109. The lowest BCUT2D eigenvalue weighted by Gasteiger charge is -2.18. The van der Waals surface area contributed by atoms with Crippen molar-refractivity contribution in [2.75, 3.05) is 13.7 Å². The number of nitrogens with one attached hydrogen (secondary N) is 1. The summed E-state index contributed by atoms with van der Waals surface area (Å²) in [6.07, 6.45) is 3.99. The minimum Gasteiger partial charge on any atom is -0.494 e. The Morgan fingerprint density at radius 2 is 2.06 bits per heavy atom. The number of benzene rings is 1. The van der Waals surface area contributed by atoms with E-state index in [-0.39, 0.29) is 5.82 Å². The summed E-state index contributed by atoms with van der Waals surface area (Å²) in [5.41, 5.74) is 0.733. The fraction of sp³-hybridized carbons (Fsp3) is 0.600. The van der Waals surface area contributed by atoms with Crippen LogP contribution in [0.5, 0.6) is 5.75 Å². The van der Waals surface area contributed by atoms with Crippen LogP contribution in [0.4, 0.5) is 4.39 Å². The lowest BCUT2D eigenvalue weighted by atomic mass is 10.0. The Labute approximate surface area is 110 Å². The van der Waals surface area contributed by atoms with E-state index in [9.17, 15) is 4.39 Å². The van der Waals surface area contributed by atoms with Crippen LogP contribution in [0.15, 0.2) is 18.2 Å². The maximum Gasteiger partial charge on any atom is 0.168 e. The van der Waals surface area contributed by atoms with Gasteiger partial charge in [0.15, 0.2) is 11.6 Å². The van der Waals surface area contributed by atoms with Crippen LogP contribution in [-0.2, 0) is 6.42 Å². The second kappa shape index (κ2) is 8.09. The number of hydrogen-bond acceptors (Lipinski definition) is 2. The molecule has 2 nitrogen and oxygen atoms in total. The largest absolute Gasteiger partial charge is 0.494 e. The molecule has 0 amide bonds. The van der Waals surface area contributed by atoms with Gasteiger partial charge < -0.3 is 10.1 Å². The summed E-state index contributed by atoms with van der Waals surface area (Å²) in [7, 11) is 1.50. The molecule has 1 atom stereocenters. The molecule has 0 aliphatic rings. The average molecular weight is 253 g/mol. The van der Waals surface area contributed by atoms with Gasteiger partial charge >= 0.3 is 0 Å². The SMILES string of the molecule is CCCNC(CCC)Cc1cccc(OC)c1F. The molecule has 1 unspecified atom stereocenters. The highest BCUT2D eigenvalue weighted by Crippen LogP contribution is 2.21. The van der Waals surface area contributed by atoms with Gasteiger partial charge in [0.25, 0.3) is 0 Å². The van der Waals surface area contributed by atoms with Gasteiger partial charge in [0.2, 0.25) is 0 Å². The molecule has 0 radical (unpaired) electrons. The maximum absolute atomic E-state index is 14.0. The highest BCUT2D eigenvalue weighted by Gasteiger charge is 2.13. The third-order valence-corrected chi connectivity index (χ3v) is 3.05. The molecule has 102 valence electrons. The van der Waals surface area contributed by atoms with Gasteiger partial charge in [0.1, 0.15) is 0 Å². The zero-order valence-electron chi connectivity index (χ0n) is 11.6. The van der Waals surface area contributed by atoms with Crippen molar-refractivity contribution in [1.29, 1.82) is 0 Å².